The van der Waals surface area contributed by atoms with Crippen molar-refractivity contribution < 1.29 is 4.74 Å². The number of hydrogen-bond acceptors (Lipinski definition) is 1. The van der Waals surface area contributed by atoms with Crippen molar-refractivity contribution in [2.75, 3.05) is 6.61 Å². The molecule has 0 N–H and O–H groups in total. The predicted molar refractivity (Wildman–Crippen MR) is 31.4 cm³/mol. The zero-order valence-electron chi connectivity index (χ0n) is 5.40. The van der Waals surface area contributed by atoms with Crippen molar-refractivity contribution in [3.05, 3.63) is 0 Å². The van der Waals surface area contributed by atoms with E-state index in [1.165, 1.54) is 6.42 Å². The van der Waals surface area contributed by atoms with E-state index in [0.29, 0.717) is 6.10 Å². The molecule has 0 aromatic carbocycles. The molecule has 0 aromatic heterocycles. The van der Waals surface area contributed by atoms with Crippen LogP contribution in [0.3, 0.4) is 0 Å². The Labute approximate surface area is 45.7 Å². The highest BCUT2D eigenvalue weighted by atomic mass is 16.5. The lowest BCUT2D eigenvalue weighted by molar-refractivity contribution is -0.0375. The summed E-state index contributed by atoms with van der Waals surface area (Å²) in [6, 6.07) is 0. The van der Waals surface area contributed by atoms with Crippen molar-refractivity contribution >= 4 is 0 Å². The normalized spacial score (nSPS) is 27.0. The molecule has 0 aromatic rings. The molecule has 1 nitrogen and oxygen atoms in total. The Morgan fingerprint density at radius 1 is 1.43 bits per heavy atom. The molecule has 7 heavy (non-hydrogen) atoms. The van der Waals surface area contributed by atoms with Gasteiger partial charge in [-0.2, -0.15) is 0 Å². The number of ether oxygens (including phenoxy) is 1. The van der Waals surface area contributed by atoms with E-state index < -0.39 is 0 Å². The maximum absolute atomic E-state index is 4.93. The first-order valence-electron chi connectivity index (χ1n) is 3.01. The molecule has 1 saturated heterocycles. The smallest absolute Gasteiger partial charge is 0.0568 e. The van der Waals surface area contributed by atoms with Crippen LogP contribution in [0.15, 0.2) is 0 Å². The highest BCUT2D eigenvalue weighted by molar-refractivity contribution is 4.57. The molecule has 1 heteroatoms. The van der Waals surface area contributed by atoms with Gasteiger partial charge in [-0.15, -0.1) is 0 Å². The van der Waals surface area contributed by atoms with Crippen LogP contribution in [0.4, 0.5) is 0 Å². The van der Waals surface area contributed by atoms with Crippen LogP contribution < -0.4 is 0 Å². The van der Waals surface area contributed by atoms with E-state index in [2.05, 4.69) is 6.92 Å². The minimum atomic E-state index is 0.565. The van der Waals surface area contributed by atoms with Gasteiger partial charge in [-0.1, -0.05) is 13.8 Å². The fraction of sp³-hybridized carbons (Fsp3) is 1.00. The Hall–Kier alpha value is -0.0400. The lowest BCUT2D eigenvalue weighted by Gasteiger charge is -2.20. The van der Waals surface area contributed by atoms with Gasteiger partial charge in [-0.3, -0.25) is 0 Å². The highest BCUT2D eigenvalue weighted by Crippen LogP contribution is 2.07. The van der Waals surface area contributed by atoms with Crippen molar-refractivity contribution in [3.8, 4) is 0 Å². The number of hydrogen-bond donors (Lipinski definition) is 0. The van der Waals surface area contributed by atoms with E-state index in [-0.39, 0.29) is 0 Å². The zero-order chi connectivity index (χ0) is 5.70. The second kappa shape index (κ2) is 4.13. The molecule has 0 saturated carbocycles. The van der Waals surface area contributed by atoms with E-state index in [1.807, 2.05) is 13.8 Å². The highest BCUT2D eigenvalue weighted by Gasteiger charge is 2.09. The molecule has 1 heterocycles. The number of rotatable bonds is 0. The molecule has 1 rings (SSSR count). The molecule has 0 spiro atoms. The monoisotopic (exact) mass is 102 g/mol. The maximum Gasteiger partial charge on any atom is 0.0568 e. The maximum atomic E-state index is 4.93. The van der Waals surface area contributed by atoms with E-state index in [9.17, 15) is 0 Å². The Bertz CT molecular complexity index is 31.2. The van der Waals surface area contributed by atoms with Gasteiger partial charge in [0.25, 0.3) is 0 Å². The quantitative estimate of drug-likeness (QED) is 0.453. The summed E-state index contributed by atoms with van der Waals surface area (Å²) in [7, 11) is 0. The van der Waals surface area contributed by atoms with Crippen LogP contribution in [0.5, 0.6) is 0 Å². The summed E-state index contributed by atoms with van der Waals surface area (Å²) < 4.78 is 4.93. The second-order valence-electron chi connectivity index (χ2n) is 1.47. The minimum absolute atomic E-state index is 0.565. The van der Waals surface area contributed by atoms with Gasteiger partial charge >= 0.3 is 0 Å². The van der Waals surface area contributed by atoms with Crippen molar-refractivity contribution in [2.45, 2.75) is 33.3 Å². The Balaban J connectivity index is 0.000000162. The molecular weight excluding hydrogens is 88.1 g/mol. The summed E-state index contributed by atoms with van der Waals surface area (Å²) >= 11 is 0. The van der Waals surface area contributed by atoms with Gasteiger partial charge in [0, 0.05) is 6.61 Å². The van der Waals surface area contributed by atoms with Crippen LogP contribution >= 0.6 is 0 Å². The van der Waals surface area contributed by atoms with Gasteiger partial charge in [-0.25, -0.2) is 0 Å². The summed E-state index contributed by atoms with van der Waals surface area (Å²) in [4.78, 5) is 0. The fourth-order valence-corrected chi connectivity index (χ4v) is 0.354. The van der Waals surface area contributed by atoms with Crippen molar-refractivity contribution in [2.24, 2.45) is 0 Å². The summed E-state index contributed by atoms with van der Waals surface area (Å²) in [5.41, 5.74) is 0. The first-order valence-corrected chi connectivity index (χ1v) is 3.01. The van der Waals surface area contributed by atoms with Gasteiger partial charge in [0.05, 0.1) is 6.10 Å². The van der Waals surface area contributed by atoms with Crippen molar-refractivity contribution in [1.82, 2.24) is 0 Å². The van der Waals surface area contributed by atoms with Crippen LogP contribution in [-0.4, -0.2) is 12.7 Å². The first kappa shape index (κ1) is 6.96. The first-order chi connectivity index (χ1) is 3.39. The molecular formula is C6H14O. The molecule has 0 radical (unpaired) electrons. The molecule has 1 atom stereocenters. The van der Waals surface area contributed by atoms with Crippen LogP contribution in [0.1, 0.15) is 27.2 Å². The standard InChI is InChI=1S/C4H8O.C2H6/c1-4-2-3-5-4;1-2/h4H,2-3H2,1H3;1-2H3. The van der Waals surface area contributed by atoms with Gasteiger partial charge in [-0.05, 0) is 13.3 Å². The van der Waals surface area contributed by atoms with Gasteiger partial charge in [0.15, 0.2) is 0 Å². The lowest BCUT2D eigenvalue weighted by atomic mass is 10.2. The van der Waals surface area contributed by atoms with E-state index in [0.717, 1.165) is 6.61 Å². The molecule has 1 aliphatic rings. The zero-order valence-corrected chi connectivity index (χ0v) is 5.40. The largest absolute Gasteiger partial charge is 0.378 e. The Morgan fingerprint density at radius 3 is 1.71 bits per heavy atom. The van der Waals surface area contributed by atoms with Crippen LogP contribution in [-0.2, 0) is 4.74 Å². The third-order valence-corrected chi connectivity index (χ3v) is 0.927. The van der Waals surface area contributed by atoms with Crippen molar-refractivity contribution in [3.63, 3.8) is 0 Å². The Kier molecular flexibility index (Phi) is 4.10. The average Bonchev–Trinajstić information content (AvgIpc) is 1.68. The van der Waals surface area contributed by atoms with Crippen LogP contribution in [0.25, 0.3) is 0 Å². The molecule has 1 aliphatic heterocycles. The molecule has 1 unspecified atom stereocenters. The van der Waals surface area contributed by atoms with Crippen LogP contribution in [0, 0.1) is 0 Å². The van der Waals surface area contributed by atoms with Crippen molar-refractivity contribution in [1.29, 1.82) is 0 Å². The Morgan fingerprint density at radius 2 is 1.71 bits per heavy atom. The third-order valence-electron chi connectivity index (χ3n) is 0.927. The fourth-order valence-electron chi connectivity index (χ4n) is 0.354. The second-order valence-corrected chi connectivity index (χ2v) is 1.47. The SMILES string of the molecule is CC.CC1CCO1. The van der Waals surface area contributed by atoms with Gasteiger partial charge in [0.2, 0.25) is 0 Å². The molecule has 1 fully saturated rings. The van der Waals surface area contributed by atoms with Gasteiger partial charge < -0.3 is 4.74 Å². The topological polar surface area (TPSA) is 9.23 Å². The summed E-state index contributed by atoms with van der Waals surface area (Å²) in [6.45, 7) is 7.07. The van der Waals surface area contributed by atoms with E-state index >= 15 is 0 Å². The predicted octanol–water partition coefficient (Wildman–Crippen LogP) is 1.82. The molecule has 0 bridgehead atoms. The minimum Gasteiger partial charge on any atom is -0.378 e. The lowest BCUT2D eigenvalue weighted by Crippen LogP contribution is -2.22. The van der Waals surface area contributed by atoms with Crippen LogP contribution in [0.2, 0.25) is 0 Å². The summed E-state index contributed by atoms with van der Waals surface area (Å²) in [6.07, 6.45) is 1.83. The van der Waals surface area contributed by atoms with Gasteiger partial charge in [0.1, 0.15) is 0 Å². The summed E-state index contributed by atoms with van der Waals surface area (Å²) in [5.74, 6) is 0. The molecule has 44 valence electrons. The van der Waals surface area contributed by atoms with E-state index in [4.69, 9.17) is 4.74 Å². The van der Waals surface area contributed by atoms with E-state index in [1.54, 1.807) is 0 Å². The summed E-state index contributed by atoms with van der Waals surface area (Å²) in [5, 5.41) is 0. The third kappa shape index (κ3) is 2.63. The molecule has 0 aliphatic carbocycles. The average molecular weight is 102 g/mol. The molecule has 0 amide bonds.